The van der Waals surface area contributed by atoms with Gasteiger partial charge in [-0.2, -0.15) is 0 Å². The molecule has 1 atom stereocenters. The molecule has 5 nitrogen and oxygen atoms in total. The Labute approximate surface area is 84.4 Å². The van der Waals surface area contributed by atoms with Crippen molar-refractivity contribution in [2.75, 3.05) is 20.3 Å². The number of methoxy groups -OCH3 is 1. The van der Waals surface area contributed by atoms with E-state index < -0.39 is 0 Å². The van der Waals surface area contributed by atoms with E-state index in [0.717, 1.165) is 25.4 Å². The van der Waals surface area contributed by atoms with Crippen LogP contribution in [0.1, 0.15) is 12.6 Å². The van der Waals surface area contributed by atoms with Gasteiger partial charge in [-0.05, 0) is 5.92 Å². The molecule has 1 N–H and O–H groups in total. The first-order chi connectivity index (χ1) is 6.72. The van der Waals surface area contributed by atoms with Crippen LogP contribution in [-0.4, -0.2) is 35.3 Å². The molecule has 1 unspecified atom stereocenters. The molecule has 0 bridgehead atoms. The van der Waals surface area contributed by atoms with Crippen LogP contribution in [0.25, 0.3) is 0 Å². The average Bonchev–Trinajstić information content (AvgIpc) is 2.52. The minimum Gasteiger partial charge on any atom is -0.384 e. The number of hydrogen-bond acceptors (Lipinski definition) is 4. The fourth-order valence-electron chi connectivity index (χ4n) is 1.27. The fourth-order valence-corrected chi connectivity index (χ4v) is 1.27. The standard InChI is InChI=1S/C9H18N4O/c1-8(7-14-3)4-10-5-9-6-13(2)12-11-9/h6,8,10H,4-5,7H2,1-3H3. The van der Waals surface area contributed by atoms with Crippen LogP contribution >= 0.6 is 0 Å². The SMILES string of the molecule is COCC(C)CNCc1cn(C)nn1. The van der Waals surface area contributed by atoms with Crippen molar-refractivity contribution in [1.82, 2.24) is 20.3 Å². The molecule has 5 heteroatoms. The quantitative estimate of drug-likeness (QED) is 0.709. The molecule has 80 valence electrons. The van der Waals surface area contributed by atoms with Gasteiger partial charge in [-0.3, -0.25) is 4.68 Å². The predicted molar refractivity (Wildman–Crippen MR) is 53.7 cm³/mol. The minimum absolute atomic E-state index is 0.525. The van der Waals surface area contributed by atoms with Crippen LogP contribution in [0.5, 0.6) is 0 Å². The normalized spacial score (nSPS) is 13.1. The number of aryl methyl sites for hydroxylation is 1. The van der Waals surface area contributed by atoms with E-state index in [1.54, 1.807) is 11.8 Å². The van der Waals surface area contributed by atoms with E-state index in [2.05, 4.69) is 22.6 Å². The third-order valence-electron chi connectivity index (χ3n) is 1.90. The molecular weight excluding hydrogens is 180 g/mol. The highest BCUT2D eigenvalue weighted by molar-refractivity contribution is 4.90. The zero-order valence-corrected chi connectivity index (χ0v) is 9.03. The van der Waals surface area contributed by atoms with Crippen molar-refractivity contribution in [2.45, 2.75) is 13.5 Å². The molecule has 0 amide bonds. The first-order valence-corrected chi connectivity index (χ1v) is 4.77. The molecule has 0 radical (unpaired) electrons. The monoisotopic (exact) mass is 198 g/mol. The van der Waals surface area contributed by atoms with Gasteiger partial charge in [0.2, 0.25) is 0 Å². The van der Waals surface area contributed by atoms with Crippen LogP contribution in [0.2, 0.25) is 0 Å². The minimum atomic E-state index is 0.525. The number of nitrogens with one attached hydrogen (secondary N) is 1. The van der Waals surface area contributed by atoms with E-state index in [9.17, 15) is 0 Å². The van der Waals surface area contributed by atoms with Gasteiger partial charge in [0.25, 0.3) is 0 Å². The average molecular weight is 198 g/mol. The molecule has 1 heterocycles. The Bertz CT molecular complexity index is 261. The zero-order chi connectivity index (χ0) is 10.4. The zero-order valence-electron chi connectivity index (χ0n) is 9.03. The second-order valence-electron chi connectivity index (χ2n) is 3.57. The van der Waals surface area contributed by atoms with Crippen LogP contribution in [0, 0.1) is 5.92 Å². The molecule has 0 fully saturated rings. The van der Waals surface area contributed by atoms with Gasteiger partial charge in [-0.15, -0.1) is 5.10 Å². The Balaban J connectivity index is 2.15. The maximum atomic E-state index is 5.04. The van der Waals surface area contributed by atoms with E-state index >= 15 is 0 Å². The Morgan fingerprint density at radius 3 is 3.00 bits per heavy atom. The highest BCUT2D eigenvalue weighted by Crippen LogP contribution is 1.94. The Kier molecular flexibility index (Phi) is 4.55. The summed E-state index contributed by atoms with van der Waals surface area (Å²) in [6, 6.07) is 0. The second-order valence-corrected chi connectivity index (χ2v) is 3.57. The van der Waals surface area contributed by atoms with Crippen molar-refractivity contribution in [3.8, 4) is 0 Å². The van der Waals surface area contributed by atoms with Crippen molar-refractivity contribution in [1.29, 1.82) is 0 Å². The summed E-state index contributed by atoms with van der Waals surface area (Å²) in [5.41, 5.74) is 0.970. The van der Waals surface area contributed by atoms with Gasteiger partial charge in [-0.25, -0.2) is 0 Å². The molecule has 0 aliphatic carbocycles. The maximum absolute atomic E-state index is 5.04. The molecule has 0 aliphatic heterocycles. The fraction of sp³-hybridized carbons (Fsp3) is 0.778. The summed E-state index contributed by atoms with van der Waals surface area (Å²) in [5.74, 6) is 0.525. The lowest BCUT2D eigenvalue weighted by atomic mass is 10.2. The Hall–Kier alpha value is -0.940. The summed E-state index contributed by atoms with van der Waals surface area (Å²) < 4.78 is 6.74. The van der Waals surface area contributed by atoms with Gasteiger partial charge in [0.05, 0.1) is 5.69 Å². The third-order valence-corrected chi connectivity index (χ3v) is 1.90. The number of hydrogen-bond donors (Lipinski definition) is 1. The molecule has 14 heavy (non-hydrogen) atoms. The van der Waals surface area contributed by atoms with Gasteiger partial charge in [0.15, 0.2) is 0 Å². The number of rotatable bonds is 6. The lowest BCUT2D eigenvalue weighted by Gasteiger charge is -2.09. The molecule has 0 aliphatic rings. The second kappa shape index (κ2) is 5.72. The van der Waals surface area contributed by atoms with Crippen molar-refractivity contribution in [3.05, 3.63) is 11.9 Å². The third kappa shape index (κ3) is 3.85. The van der Waals surface area contributed by atoms with Crippen LogP contribution in [-0.2, 0) is 18.3 Å². The first kappa shape index (κ1) is 11.1. The van der Waals surface area contributed by atoms with Crippen LogP contribution in [0.4, 0.5) is 0 Å². The van der Waals surface area contributed by atoms with Crippen molar-refractivity contribution in [3.63, 3.8) is 0 Å². The molecular formula is C9H18N4O. The smallest absolute Gasteiger partial charge is 0.0964 e. The van der Waals surface area contributed by atoms with Gasteiger partial charge < -0.3 is 10.1 Å². The number of nitrogens with zero attached hydrogens (tertiary/aromatic N) is 3. The summed E-state index contributed by atoms with van der Waals surface area (Å²) in [6.45, 7) is 4.63. The summed E-state index contributed by atoms with van der Waals surface area (Å²) in [6.07, 6.45) is 1.91. The highest BCUT2D eigenvalue weighted by atomic mass is 16.5. The van der Waals surface area contributed by atoms with E-state index in [-0.39, 0.29) is 0 Å². The van der Waals surface area contributed by atoms with E-state index in [0.29, 0.717) is 5.92 Å². The topological polar surface area (TPSA) is 52.0 Å². The van der Waals surface area contributed by atoms with Gasteiger partial charge >= 0.3 is 0 Å². The van der Waals surface area contributed by atoms with E-state index in [1.165, 1.54) is 0 Å². The summed E-state index contributed by atoms with van der Waals surface area (Å²) in [4.78, 5) is 0. The first-order valence-electron chi connectivity index (χ1n) is 4.77. The highest BCUT2D eigenvalue weighted by Gasteiger charge is 2.01. The molecule has 0 spiro atoms. The van der Waals surface area contributed by atoms with Crippen molar-refractivity contribution >= 4 is 0 Å². The summed E-state index contributed by atoms with van der Waals surface area (Å²) in [5, 5.41) is 11.1. The van der Waals surface area contributed by atoms with Gasteiger partial charge in [-0.1, -0.05) is 12.1 Å². The lowest BCUT2D eigenvalue weighted by molar-refractivity contribution is 0.158. The van der Waals surface area contributed by atoms with Gasteiger partial charge in [0.1, 0.15) is 0 Å². The summed E-state index contributed by atoms with van der Waals surface area (Å²) >= 11 is 0. The Morgan fingerprint density at radius 2 is 2.43 bits per heavy atom. The summed E-state index contributed by atoms with van der Waals surface area (Å²) in [7, 11) is 3.59. The number of aromatic nitrogens is 3. The largest absolute Gasteiger partial charge is 0.384 e. The predicted octanol–water partition coefficient (Wildman–Crippen LogP) is 0.187. The maximum Gasteiger partial charge on any atom is 0.0964 e. The van der Waals surface area contributed by atoms with Crippen molar-refractivity contribution < 1.29 is 4.74 Å². The molecule has 1 aromatic heterocycles. The van der Waals surface area contributed by atoms with Crippen LogP contribution in [0.3, 0.4) is 0 Å². The van der Waals surface area contributed by atoms with Crippen LogP contribution < -0.4 is 5.32 Å². The molecule has 1 rings (SSSR count). The molecule has 1 aromatic rings. The van der Waals surface area contributed by atoms with Crippen molar-refractivity contribution in [2.24, 2.45) is 13.0 Å². The lowest BCUT2D eigenvalue weighted by Crippen LogP contribution is -2.23. The molecule has 0 saturated heterocycles. The van der Waals surface area contributed by atoms with E-state index in [1.807, 2.05) is 13.2 Å². The number of ether oxygens (including phenoxy) is 1. The Morgan fingerprint density at radius 1 is 1.64 bits per heavy atom. The van der Waals surface area contributed by atoms with E-state index in [4.69, 9.17) is 4.74 Å². The molecule has 0 aromatic carbocycles. The van der Waals surface area contributed by atoms with Crippen LogP contribution in [0.15, 0.2) is 6.20 Å². The molecule has 0 saturated carbocycles. The van der Waals surface area contributed by atoms with Gasteiger partial charge in [0, 0.05) is 40.1 Å².